The molecule has 1 aromatic heterocycles. The molecule has 0 spiro atoms. The highest BCUT2D eigenvalue weighted by Gasteiger charge is 2.19. The fourth-order valence-corrected chi connectivity index (χ4v) is 2.67. The van der Waals surface area contributed by atoms with E-state index < -0.39 is 15.8 Å². The second-order valence-electron chi connectivity index (χ2n) is 3.69. The number of hydrogen-bond donors (Lipinski definition) is 2. The molecule has 1 aromatic carbocycles. The summed E-state index contributed by atoms with van der Waals surface area (Å²) < 4.78 is 44.0. The Morgan fingerprint density at radius 3 is 2.74 bits per heavy atom. The van der Waals surface area contributed by atoms with Crippen molar-refractivity contribution in [2.45, 2.75) is 11.8 Å². The Balaban J connectivity index is 2.32. The zero-order valence-electron chi connectivity index (χ0n) is 10.1. The van der Waals surface area contributed by atoms with Crippen LogP contribution in [-0.4, -0.2) is 30.7 Å². The molecule has 0 radical (unpaired) electrons. The summed E-state index contributed by atoms with van der Waals surface area (Å²) >= 11 is 0. The van der Waals surface area contributed by atoms with Crippen molar-refractivity contribution in [1.82, 2.24) is 15.2 Å². The Bertz CT molecular complexity index is 699. The molecule has 0 atom stereocenters. The lowest BCUT2D eigenvalue weighted by Gasteiger charge is -2.07. The first-order valence-corrected chi connectivity index (χ1v) is 6.66. The first-order chi connectivity index (χ1) is 8.92. The molecule has 0 aliphatic rings. The van der Waals surface area contributed by atoms with Crippen LogP contribution in [0.2, 0.25) is 0 Å². The number of halogens is 1. The highest BCUT2D eigenvalue weighted by atomic mass is 32.2. The summed E-state index contributed by atoms with van der Waals surface area (Å²) in [6.07, 6.45) is 0. The second-order valence-corrected chi connectivity index (χ2v) is 5.34. The van der Waals surface area contributed by atoms with E-state index in [2.05, 4.69) is 19.9 Å². The molecule has 7 nitrogen and oxygen atoms in total. The van der Waals surface area contributed by atoms with Crippen LogP contribution in [0.1, 0.15) is 5.56 Å². The van der Waals surface area contributed by atoms with Gasteiger partial charge >= 0.3 is 6.01 Å². The predicted octanol–water partition coefficient (Wildman–Crippen LogP) is 1.06. The van der Waals surface area contributed by atoms with Gasteiger partial charge in [-0.15, -0.1) is 5.10 Å². The number of aromatic amines is 1. The van der Waals surface area contributed by atoms with E-state index in [1.54, 1.807) is 0 Å². The number of aromatic nitrogens is 3. The van der Waals surface area contributed by atoms with Gasteiger partial charge in [-0.3, -0.25) is 0 Å². The molecule has 1 heterocycles. The van der Waals surface area contributed by atoms with Gasteiger partial charge in [0.2, 0.25) is 5.95 Å². The Labute approximate surface area is 108 Å². The number of hydrogen-bond acceptors (Lipinski definition) is 5. The van der Waals surface area contributed by atoms with Gasteiger partial charge in [-0.25, -0.2) is 22.6 Å². The summed E-state index contributed by atoms with van der Waals surface area (Å²) in [6.45, 7) is 1.50. The standard InChI is InChI=1S/C10H11FN4O3S/c1-6-5-7(11)3-4-8(6)19(16,17)15-9-12-10(18-2)14-13-9/h3-5H,1-2H3,(H2,12,13,14,15). The van der Waals surface area contributed by atoms with Gasteiger partial charge in [0.15, 0.2) is 0 Å². The van der Waals surface area contributed by atoms with Crippen LogP contribution < -0.4 is 9.46 Å². The van der Waals surface area contributed by atoms with Crippen LogP contribution in [0.15, 0.2) is 23.1 Å². The number of aryl methyl sites for hydroxylation is 1. The lowest BCUT2D eigenvalue weighted by Crippen LogP contribution is -2.15. The van der Waals surface area contributed by atoms with Crippen molar-refractivity contribution in [1.29, 1.82) is 0 Å². The van der Waals surface area contributed by atoms with Crippen LogP contribution in [-0.2, 0) is 10.0 Å². The number of benzene rings is 1. The van der Waals surface area contributed by atoms with Crippen molar-refractivity contribution < 1.29 is 17.5 Å². The molecule has 0 saturated heterocycles. The molecule has 0 unspecified atom stereocenters. The van der Waals surface area contributed by atoms with E-state index in [9.17, 15) is 12.8 Å². The van der Waals surface area contributed by atoms with Gasteiger partial charge in [0, 0.05) is 0 Å². The normalized spacial score (nSPS) is 11.3. The molecular weight excluding hydrogens is 275 g/mol. The maximum atomic E-state index is 13.0. The molecule has 0 aliphatic heterocycles. The summed E-state index contributed by atoms with van der Waals surface area (Å²) in [4.78, 5) is 3.70. The van der Waals surface area contributed by atoms with Crippen LogP contribution in [0.25, 0.3) is 0 Å². The number of anilines is 1. The highest BCUT2D eigenvalue weighted by molar-refractivity contribution is 7.92. The molecule has 2 rings (SSSR count). The number of ether oxygens (including phenoxy) is 1. The number of nitrogens with zero attached hydrogens (tertiary/aromatic N) is 2. The van der Waals surface area contributed by atoms with Crippen LogP contribution >= 0.6 is 0 Å². The Morgan fingerprint density at radius 1 is 1.42 bits per heavy atom. The van der Waals surface area contributed by atoms with Crippen LogP contribution in [0.5, 0.6) is 6.01 Å². The first-order valence-electron chi connectivity index (χ1n) is 5.18. The highest BCUT2D eigenvalue weighted by Crippen LogP contribution is 2.19. The van der Waals surface area contributed by atoms with E-state index in [0.717, 1.165) is 12.1 Å². The van der Waals surface area contributed by atoms with Gasteiger partial charge in [0.05, 0.1) is 12.0 Å². The van der Waals surface area contributed by atoms with Gasteiger partial charge in [0.25, 0.3) is 10.0 Å². The molecule has 19 heavy (non-hydrogen) atoms. The number of rotatable bonds is 4. The van der Waals surface area contributed by atoms with Crippen molar-refractivity contribution in [2.24, 2.45) is 0 Å². The third kappa shape index (κ3) is 2.81. The number of nitrogens with one attached hydrogen (secondary N) is 2. The topological polar surface area (TPSA) is 97.0 Å². The molecular formula is C10H11FN4O3S. The SMILES string of the molecule is COc1n[nH]c(NS(=O)(=O)c2ccc(F)cc2C)n1. The zero-order valence-corrected chi connectivity index (χ0v) is 11.0. The third-order valence-corrected chi connectivity index (χ3v) is 3.80. The average Bonchev–Trinajstić information content (AvgIpc) is 2.75. The summed E-state index contributed by atoms with van der Waals surface area (Å²) in [5, 5.41) is 5.97. The van der Waals surface area contributed by atoms with Crippen molar-refractivity contribution in [3.05, 3.63) is 29.6 Å². The smallest absolute Gasteiger partial charge is 0.336 e. The predicted molar refractivity (Wildman–Crippen MR) is 64.9 cm³/mol. The molecule has 0 bridgehead atoms. The van der Waals surface area contributed by atoms with Crippen LogP contribution in [0.3, 0.4) is 0 Å². The van der Waals surface area contributed by atoms with E-state index in [1.165, 1.54) is 20.1 Å². The molecule has 2 aromatic rings. The van der Waals surface area contributed by atoms with Gasteiger partial charge in [-0.1, -0.05) is 0 Å². The average molecular weight is 286 g/mol. The van der Waals surface area contributed by atoms with Gasteiger partial charge in [-0.05, 0) is 30.7 Å². The fourth-order valence-electron chi connectivity index (χ4n) is 1.48. The lowest BCUT2D eigenvalue weighted by atomic mass is 10.2. The largest absolute Gasteiger partial charge is 0.466 e. The number of methoxy groups -OCH3 is 1. The maximum Gasteiger partial charge on any atom is 0.336 e. The number of H-pyrrole nitrogens is 1. The number of sulfonamides is 1. The van der Waals surface area contributed by atoms with Crippen molar-refractivity contribution in [2.75, 3.05) is 11.8 Å². The molecule has 102 valence electrons. The maximum absolute atomic E-state index is 13.0. The lowest BCUT2D eigenvalue weighted by molar-refractivity contribution is 0.382. The van der Waals surface area contributed by atoms with Crippen molar-refractivity contribution in [3.63, 3.8) is 0 Å². The van der Waals surface area contributed by atoms with E-state index in [0.29, 0.717) is 5.56 Å². The summed E-state index contributed by atoms with van der Waals surface area (Å²) in [5.41, 5.74) is 0.291. The van der Waals surface area contributed by atoms with Crippen LogP contribution in [0.4, 0.5) is 10.3 Å². The van der Waals surface area contributed by atoms with Crippen molar-refractivity contribution >= 4 is 16.0 Å². The van der Waals surface area contributed by atoms with Gasteiger partial charge in [0.1, 0.15) is 5.82 Å². The zero-order chi connectivity index (χ0) is 14.0. The molecule has 9 heteroatoms. The Hall–Kier alpha value is -2.16. The monoisotopic (exact) mass is 286 g/mol. The summed E-state index contributed by atoms with van der Waals surface area (Å²) in [7, 11) is -2.51. The van der Waals surface area contributed by atoms with Gasteiger partial charge < -0.3 is 4.74 Å². The minimum Gasteiger partial charge on any atom is -0.466 e. The molecule has 0 saturated carbocycles. The van der Waals surface area contributed by atoms with Crippen LogP contribution in [0, 0.1) is 12.7 Å². The van der Waals surface area contributed by atoms with Crippen molar-refractivity contribution in [3.8, 4) is 6.01 Å². The summed E-state index contributed by atoms with van der Waals surface area (Å²) in [6, 6.07) is 3.40. The van der Waals surface area contributed by atoms with Gasteiger partial charge in [-0.2, -0.15) is 4.98 Å². The first kappa shape index (κ1) is 13.3. The minimum absolute atomic E-state index is 0.00790. The van der Waals surface area contributed by atoms with E-state index in [4.69, 9.17) is 4.74 Å². The van der Waals surface area contributed by atoms with E-state index in [-0.39, 0.29) is 16.9 Å². The second kappa shape index (κ2) is 4.84. The third-order valence-electron chi connectivity index (χ3n) is 2.31. The van der Waals surface area contributed by atoms with E-state index >= 15 is 0 Å². The Kier molecular flexibility index (Phi) is 3.38. The molecule has 0 amide bonds. The molecule has 0 fully saturated rings. The molecule has 2 N–H and O–H groups in total. The Morgan fingerprint density at radius 2 is 2.16 bits per heavy atom. The minimum atomic E-state index is -3.86. The van der Waals surface area contributed by atoms with E-state index in [1.807, 2.05) is 0 Å². The summed E-state index contributed by atoms with van der Waals surface area (Å²) in [5.74, 6) is -0.585. The fraction of sp³-hybridized carbons (Fsp3) is 0.200. The quantitative estimate of drug-likeness (QED) is 0.876. The molecule has 0 aliphatic carbocycles.